The van der Waals surface area contributed by atoms with E-state index in [4.69, 9.17) is 11.6 Å². The van der Waals surface area contributed by atoms with Gasteiger partial charge in [0.15, 0.2) is 0 Å². The van der Waals surface area contributed by atoms with E-state index >= 15 is 0 Å². The highest BCUT2D eigenvalue weighted by Crippen LogP contribution is 2.22. The Kier molecular flexibility index (Phi) is 5.39. The molecule has 0 saturated heterocycles. The minimum atomic E-state index is -3.28. The lowest BCUT2D eigenvalue weighted by atomic mass is 10.1. The van der Waals surface area contributed by atoms with Gasteiger partial charge in [0.2, 0.25) is 10.0 Å². The normalized spacial score (nSPS) is 13.6. The molecule has 0 amide bonds. The highest BCUT2D eigenvalue weighted by molar-refractivity contribution is 7.89. The zero-order chi connectivity index (χ0) is 12.9. The first kappa shape index (κ1) is 14.4. The van der Waals surface area contributed by atoms with Crippen LogP contribution in [0.3, 0.4) is 0 Å². The summed E-state index contributed by atoms with van der Waals surface area (Å²) in [4.78, 5) is 0. The molecule has 0 aliphatic carbocycles. The fourth-order valence-electron chi connectivity index (χ4n) is 1.45. The Morgan fingerprint density at radius 1 is 1.35 bits per heavy atom. The van der Waals surface area contributed by atoms with Crippen molar-refractivity contribution >= 4 is 21.6 Å². The van der Waals surface area contributed by atoms with E-state index in [-0.39, 0.29) is 11.8 Å². The number of halogens is 1. The molecule has 17 heavy (non-hydrogen) atoms. The van der Waals surface area contributed by atoms with E-state index in [1.807, 2.05) is 18.2 Å². The third-order valence-electron chi connectivity index (χ3n) is 2.35. The van der Waals surface area contributed by atoms with Gasteiger partial charge in [-0.05, 0) is 25.6 Å². The molecule has 1 unspecified atom stereocenters. The van der Waals surface area contributed by atoms with Crippen LogP contribution in [0, 0.1) is 0 Å². The molecule has 0 aliphatic heterocycles. The largest absolute Gasteiger partial charge is 0.319 e. The summed E-state index contributed by atoms with van der Waals surface area (Å²) >= 11 is 6.01. The van der Waals surface area contributed by atoms with Gasteiger partial charge in [-0.2, -0.15) is 0 Å². The lowest BCUT2D eigenvalue weighted by molar-refractivity contribution is 0.565. The van der Waals surface area contributed by atoms with E-state index in [0.29, 0.717) is 11.6 Å². The van der Waals surface area contributed by atoms with Crippen LogP contribution in [0.2, 0.25) is 5.02 Å². The molecule has 0 aromatic heterocycles. The first-order chi connectivity index (χ1) is 7.96. The minimum absolute atomic E-state index is 0.0539. The predicted molar refractivity (Wildman–Crippen MR) is 70.7 cm³/mol. The van der Waals surface area contributed by atoms with Crippen LogP contribution < -0.4 is 10.0 Å². The number of benzene rings is 1. The predicted octanol–water partition coefficient (Wildman–Crippen LogP) is 1.54. The minimum Gasteiger partial charge on any atom is -0.319 e. The quantitative estimate of drug-likeness (QED) is 0.829. The number of hydrogen-bond acceptors (Lipinski definition) is 3. The lowest BCUT2D eigenvalue weighted by Crippen LogP contribution is -2.32. The van der Waals surface area contributed by atoms with Crippen molar-refractivity contribution < 1.29 is 8.42 Å². The summed E-state index contributed by atoms with van der Waals surface area (Å²) in [6, 6.07) is 6.88. The lowest BCUT2D eigenvalue weighted by Gasteiger charge is -2.15. The molecule has 0 spiro atoms. The first-order valence-electron chi connectivity index (χ1n) is 5.35. The average Bonchev–Trinajstić information content (AvgIpc) is 2.26. The molecule has 1 aromatic rings. The summed E-state index contributed by atoms with van der Waals surface area (Å²) in [5.41, 5.74) is 0.780. The van der Waals surface area contributed by atoms with Crippen LogP contribution in [-0.4, -0.2) is 27.8 Å². The summed E-state index contributed by atoms with van der Waals surface area (Å²) in [7, 11) is -1.56. The molecule has 2 N–H and O–H groups in total. The number of hydrogen-bond donors (Lipinski definition) is 2. The molecule has 6 heteroatoms. The Hall–Kier alpha value is -0.620. The highest BCUT2D eigenvalue weighted by Gasteiger charge is 2.16. The van der Waals surface area contributed by atoms with E-state index in [2.05, 4.69) is 10.0 Å². The van der Waals surface area contributed by atoms with E-state index < -0.39 is 10.0 Å². The Morgan fingerprint density at radius 3 is 2.59 bits per heavy atom. The van der Waals surface area contributed by atoms with Crippen LogP contribution in [0.1, 0.15) is 18.5 Å². The molecule has 0 radical (unpaired) electrons. The van der Waals surface area contributed by atoms with Gasteiger partial charge in [0.1, 0.15) is 0 Å². The second-order valence-corrected chi connectivity index (χ2v) is 6.06. The van der Waals surface area contributed by atoms with E-state index in [9.17, 15) is 8.42 Å². The van der Waals surface area contributed by atoms with Crippen molar-refractivity contribution in [3.63, 3.8) is 0 Å². The zero-order valence-electron chi connectivity index (χ0n) is 9.90. The number of rotatable bonds is 6. The van der Waals surface area contributed by atoms with Crippen LogP contribution in [0.15, 0.2) is 24.3 Å². The summed E-state index contributed by atoms with van der Waals surface area (Å²) in [5, 5.41) is 3.37. The second kappa shape index (κ2) is 6.35. The SMILES string of the molecule is CNCCS(=O)(=O)NC(C)c1ccccc1Cl. The molecule has 0 saturated carbocycles. The maximum atomic E-state index is 11.7. The second-order valence-electron chi connectivity index (χ2n) is 3.78. The van der Waals surface area contributed by atoms with Gasteiger partial charge in [0, 0.05) is 17.6 Å². The summed E-state index contributed by atoms with van der Waals surface area (Å²) in [5.74, 6) is 0.0539. The molecule has 1 aromatic carbocycles. The van der Waals surface area contributed by atoms with Crippen LogP contribution in [0.5, 0.6) is 0 Å². The molecule has 1 atom stereocenters. The number of nitrogens with one attached hydrogen (secondary N) is 2. The fraction of sp³-hybridized carbons (Fsp3) is 0.455. The first-order valence-corrected chi connectivity index (χ1v) is 7.38. The molecular formula is C11H17ClN2O2S. The summed E-state index contributed by atoms with van der Waals surface area (Å²) in [6.45, 7) is 2.20. The van der Waals surface area contributed by atoms with Crippen LogP contribution in [-0.2, 0) is 10.0 Å². The maximum absolute atomic E-state index is 11.7. The third kappa shape index (κ3) is 4.63. The standard InChI is InChI=1S/C11H17ClN2O2S/c1-9(10-5-3-4-6-11(10)12)14-17(15,16)8-7-13-2/h3-6,9,13-14H,7-8H2,1-2H3. The Morgan fingerprint density at radius 2 is 2.00 bits per heavy atom. The van der Waals surface area contributed by atoms with Gasteiger partial charge in [0.05, 0.1) is 5.75 Å². The van der Waals surface area contributed by atoms with Crippen molar-refractivity contribution in [2.45, 2.75) is 13.0 Å². The molecule has 0 aliphatic rings. The molecular weight excluding hydrogens is 260 g/mol. The Balaban J connectivity index is 2.73. The van der Waals surface area contributed by atoms with E-state index in [0.717, 1.165) is 5.56 Å². The van der Waals surface area contributed by atoms with Crippen molar-refractivity contribution in [2.24, 2.45) is 0 Å². The maximum Gasteiger partial charge on any atom is 0.213 e. The van der Waals surface area contributed by atoms with Crippen molar-refractivity contribution in [1.29, 1.82) is 0 Å². The molecule has 0 bridgehead atoms. The summed E-state index contributed by atoms with van der Waals surface area (Å²) in [6.07, 6.45) is 0. The smallest absolute Gasteiger partial charge is 0.213 e. The van der Waals surface area contributed by atoms with Crippen LogP contribution >= 0.6 is 11.6 Å². The van der Waals surface area contributed by atoms with Crippen molar-refractivity contribution in [2.75, 3.05) is 19.3 Å². The zero-order valence-corrected chi connectivity index (χ0v) is 11.5. The summed E-state index contributed by atoms with van der Waals surface area (Å²) < 4.78 is 26.0. The van der Waals surface area contributed by atoms with Gasteiger partial charge in [-0.1, -0.05) is 29.8 Å². The van der Waals surface area contributed by atoms with Gasteiger partial charge >= 0.3 is 0 Å². The Labute approximate surface area is 107 Å². The third-order valence-corrected chi connectivity index (χ3v) is 4.15. The van der Waals surface area contributed by atoms with Gasteiger partial charge in [0.25, 0.3) is 0 Å². The van der Waals surface area contributed by atoms with Crippen molar-refractivity contribution in [1.82, 2.24) is 10.0 Å². The van der Waals surface area contributed by atoms with Crippen molar-refractivity contribution in [3.8, 4) is 0 Å². The average molecular weight is 277 g/mol. The van der Waals surface area contributed by atoms with Gasteiger partial charge in [-0.25, -0.2) is 13.1 Å². The topological polar surface area (TPSA) is 58.2 Å². The van der Waals surface area contributed by atoms with Crippen LogP contribution in [0.4, 0.5) is 0 Å². The molecule has 96 valence electrons. The van der Waals surface area contributed by atoms with Gasteiger partial charge < -0.3 is 5.32 Å². The molecule has 0 heterocycles. The van der Waals surface area contributed by atoms with Gasteiger partial charge in [-0.15, -0.1) is 0 Å². The monoisotopic (exact) mass is 276 g/mol. The van der Waals surface area contributed by atoms with Gasteiger partial charge in [-0.3, -0.25) is 0 Å². The van der Waals surface area contributed by atoms with E-state index in [1.54, 1.807) is 20.0 Å². The fourth-order valence-corrected chi connectivity index (χ4v) is 3.01. The number of sulfonamides is 1. The molecule has 4 nitrogen and oxygen atoms in total. The molecule has 0 fully saturated rings. The van der Waals surface area contributed by atoms with Crippen LogP contribution in [0.25, 0.3) is 0 Å². The van der Waals surface area contributed by atoms with Crippen molar-refractivity contribution in [3.05, 3.63) is 34.9 Å². The molecule has 1 rings (SSSR count). The van der Waals surface area contributed by atoms with E-state index in [1.165, 1.54) is 0 Å². The highest BCUT2D eigenvalue weighted by atomic mass is 35.5. The Bertz CT molecular complexity index is 462.